The van der Waals surface area contributed by atoms with Gasteiger partial charge in [0.05, 0.1) is 27.6 Å². The molecule has 1 fully saturated rings. The van der Waals surface area contributed by atoms with E-state index in [0.717, 1.165) is 37.3 Å². The average molecular weight is 360 g/mol. The van der Waals surface area contributed by atoms with Crippen molar-refractivity contribution in [3.63, 3.8) is 0 Å². The van der Waals surface area contributed by atoms with E-state index >= 15 is 0 Å². The molecular weight excluding hydrogens is 338 g/mol. The lowest BCUT2D eigenvalue weighted by atomic mass is 10.0. The topological polar surface area (TPSA) is 64.6 Å². The van der Waals surface area contributed by atoms with E-state index in [4.69, 9.17) is 11.6 Å². The zero-order chi connectivity index (χ0) is 17.8. The highest BCUT2D eigenvalue weighted by Gasteiger charge is 2.22. The van der Waals surface area contributed by atoms with Crippen LogP contribution < -0.4 is 15.5 Å². The summed E-state index contributed by atoms with van der Waals surface area (Å²) in [7, 11) is 1.99. The normalized spacial score (nSPS) is 15.2. The Kier molecular flexibility index (Phi) is 5.46. The number of carbonyl (C=O) groups is 1. The summed E-state index contributed by atoms with van der Waals surface area (Å²) in [4.78, 5) is 13.7. The molecule has 1 saturated heterocycles. The van der Waals surface area contributed by atoms with Gasteiger partial charge >= 0.3 is 5.97 Å². The van der Waals surface area contributed by atoms with Crippen molar-refractivity contribution in [2.24, 2.45) is 0 Å². The molecule has 0 unspecified atom stereocenters. The van der Waals surface area contributed by atoms with E-state index in [1.54, 1.807) is 18.2 Å². The second kappa shape index (κ2) is 7.76. The summed E-state index contributed by atoms with van der Waals surface area (Å²) >= 11 is 6.49. The van der Waals surface area contributed by atoms with Gasteiger partial charge in [0.25, 0.3) is 0 Å². The van der Waals surface area contributed by atoms with Crippen LogP contribution in [0.3, 0.4) is 0 Å². The molecule has 0 spiro atoms. The largest absolute Gasteiger partial charge is 0.478 e. The maximum absolute atomic E-state index is 11.5. The molecule has 132 valence electrons. The summed E-state index contributed by atoms with van der Waals surface area (Å²) in [6.07, 6.45) is 2.10. The van der Waals surface area contributed by atoms with E-state index in [0.29, 0.717) is 16.8 Å². The van der Waals surface area contributed by atoms with E-state index in [9.17, 15) is 9.90 Å². The van der Waals surface area contributed by atoms with Crippen molar-refractivity contribution in [3.8, 4) is 0 Å². The lowest BCUT2D eigenvalue weighted by Gasteiger charge is -2.35. The molecule has 2 aromatic rings. The van der Waals surface area contributed by atoms with Crippen molar-refractivity contribution < 1.29 is 9.90 Å². The molecule has 0 aromatic heterocycles. The number of benzene rings is 2. The lowest BCUT2D eigenvalue weighted by Crippen LogP contribution is -2.41. The van der Waals surface area contributed by atoms with Crippen LogP contribution in [0.1, 0.15) is 23.2 Å². The Hall–Kier alpha value is -2.24. The summed E-state index contributed by atoms with van der Waals surface area (Å²) in [5.41, 5.74) is 2.55. The van der Waals surface area contributed by atoms with Gasteiger partial charge in [0.2, 0.25) is 0 Å². The van der Waals surface area contributed by atoms with Crippen LogP contribution in [-0.2, 0) is 0 Å². The van der Waals surface area contributed by atoms with Gasteiger partial charge in [0.1, 0.15) is 0 Å². The van der Waals surface area contributed by atoms with Crippen molar-refractivity contribution in [1.29, 1.82) is 0 Å². The lowest BCUT2D eigenvalue weighted by molar-refractivity contribution is 0.0698. The van der Waals surface area contributed by atoms with Crippen LogP contribution >= 0.6 is 11.6 Å². The van der Waals surface area contributed by atoms with Gasteiger partial charge in [0.15, 0.2) is 0 Å². The highest BCUT2D eigenvalue weighted by molar-refractivity contribution is 6.34. The molecule has 1 heterocycles. The molecule has 6 heteroatoms. The fourth-order valence-electron chi connectivity index (χ4n) is 3.25. The van der Waals surface area contributed by atoms with Crippen LogP contribution in [0.5, 0.6) is 0 Å². The van der Waals surface area contributed by atoms with Gasteiger partial charge in [-0.1, -0.05) is 29.8 Å². The number of nitrogens with one attached hydrogen (secondary N) is 2. The van der Waals surface area contributed by atoms with E-state index in [2.05, 4.69) is 15.5 Å². The molecular formula is C19H22ClN3O2. The van der Waals surface area contributed by atoms with Crippen molar-refractivity contribution in [3.05, 3.63) is 53.1 Å². The van der Waals surface area contributed by atoms with Gasteiger partial charge in [0, 0.05) is 19.1 Å². The number of carboxylic acids is 1. The minimum Gasteiger partial charge on any atom is -0.478 e. The second-order valence-corrected chi connectivity index (χ2v) is 6.57. The first kappa shape index (κ1) is 17.6. The highest BCUT2D eigenvalue weighted by atomic mass is 35.5. The first-order valence-electron chi connectivity index (χ1n) is 8.40. The van der Waals surface area contributed by atoms with Gasteiger partial charge in [-0.3, -0.25) is 0 Å². The molecule has 1 aliphatic heterocycles. The molecule has 0 aliphatic carbocycles. The number of anilines is 3. The molecule has 0 saturated carbocycles. The van der Waals surface area contributed by atoms with Gasteiger partial charge in [-0.15, -0.1) is 0 Å². The smallest absolute Gasteiger partial charge is 0.337 e. The molecule has 2 aromatic carbocycles. The third-order valence-corrected chi connectivity index (χ3v) is 4.94. The van der Waals surface area contributed by atoms with Crippen LogP contribution in [0.2, 0.25) is 5.02 Å². The van der Waals surface area contributed by atoms with Crippen molar-refractivity contribution in [2.75, 3.05) is 30.4 Å². The quantitative estimate of drug-likeness (QED) is 0.753. The fraction of sp³-hybridized carbons (Fsp3) is 0.316. The molecule has 1 aliphatic rings. The van der Waals surface area contributed by atoms with Gasteiger partial charge in [-0.2, -0.15) is 0 Å². The number of halogens is 1. The van der Waals surface area contributed by atoms with E-state index in [-0.39, 0.29) is 5.56 Å². The predicted octanol–water partition coefficient (Wildman–Crippen LogP) is 3.97. The maximum atomic E-state index is 11.5. The SMILES string of the molecule is CNC1CCN(c2c(Cl)cccc2Nc2ccccc2C(=O)O)CC1. The Morgan fingerprint density at radius 1 is 1.12 bits per heavy atom. The minimum atomic E-state index is -0.957. The van der Waals surface area contributed by atoms with Crippen molar-refractivity contribution in [2.45, 2.75) is 18.9 Å². The Morgan fingerprint density at radius 3 is 2.48 bits per heavy atom. The van der Waals surface area contributed by atoms with E-state index < -0.39 is 5.97 Å². The average Bonchev–Trinajstić information content (AvgIpc) is 2.62. The molecule has 0 amide bonds. The second-order valence-electron chi connectivity index (χ2n) is 6.16. The molecule has 3 rings (SSSR count). The van der Waals surface area contributed by atoms with Crippen LogP contribution in [0.15, 0.2) is 42.5 Å². The predicted molar refractivity (Wildman–Crippen MR) is 102 cm³/mol. The van der Waals surface area contributed by atoms with E-state index in [1.807, 2.05) is 31.3 Å². The number of rotatable bonds is 5. The molecule has 3 N–H and O–H groups in total. The molecule has 0 radical (unpaired) electrons. The third-order valence-electron chi connectivity index (χ3n) is 4.63. The van der Waals surface area contributed by atoms with Crippen molar-refractivity contribution in [1.82, 2.24) is 5.32 Å². The summed E-state index contributed by atoms with van der Waals surface area (Å²) in [6.45, 7) is 1.81. The zero-order valence-corrected chi connectivity index (χ0v) is 14.9. The summed E-state index contributed by atoms with van der Waals surface area (Å²) < 4.78 is 0. The molecule has 5 nitrogen and oxygen atoms in total. The van der Waals surface area contributed by atoms with Crippen LogP contribution in [-0.4, -0.2) is 37.3 Å². The standard InChI is InChI=1S/C19H22ClN3O2/c1-21-13-9-11-23(12-10-13)18-15(20)6-4-8-17(18)22-16-7-3-2-5-14(16)19(24)25/h2-8,13,21-22H,9-12H2,1H3,(H,24,25). The number of hydrogen-bond donors (Lipinski definition) is 3. The maximum Gasteiger partial charge on any atom is 0.337 e. The van der Waals surface area contributed by atoms with Crippen LogP contribution in [0.4, 0.5) is 17.1 Å². The number of carboxylic acid groups (broad SMARTS) is 1. The van der Waals surface area contributed by atoms with Crippen molar-refractivity contribution >= 4 is 34.6 Å². The minimum absolute atomic E-state index is 0.238. The number of para-hydroxylation sites is 2. The van der Waals surface area contributed by atoms with Gasteiger partial charge in [-0.25, -0.2) is 4.79 Å². The number of piperidine rings is 1. The third kappa shape index (κ3) is 3.89. The number of nitrogens with zero attached hydrogens (tertiary/aromatic N) is 1. The summed E-state index contributed by atoms with van der Waals surface area (Å²) in [6, 6.07) is 13.1. The Bertz CT molecular complexity index is 758. The van der Waals surface area contributed by atoms with E-state index in [1.165, 1.54) is 0 Å². The number of aromatic carboxylic acids is 1. The van der Waals surface area contributed by atoms with Crippen LogP contribution in [0.25, 0.3) is 0 Å². The Morgan fingerprint density at radius 2 is 1.80 bits per heavy atom. The van der Waals surface area contributed by atoms with Gasteiger partial charge in [-0.05, 0) is 44.2 Å². The summed E-state index contributed by atoms with van der Waals surface area (Å²) in [5.74, 6) is -0.957. The van der Waals surface area contributed by atoms with Gasteiger partial charge < -0.3 is 20.6 Å². The van der Waals surface area contributed by atoms with Crippen LogP contribution in [0, 0.1) is 0 Å². The Labute approximate surface area is 152 Å². The first-order valence-corrected chi connectivity index (χ1v) is 8.78. The molecule has 25 heavy (non-hydrogen) atoms. The number of hydrogen-bond acceptors (Lipinski definition) is 4. The highest BCUT2D eigenvalue weighted by Crippen LogP contribution is 2.37. The first-order chi connectivity index (χ1) is 12.1. The summed E-state index contributed by atoms with van der Waals surface area (Å²) in [5, 5.41) is 16.6. The molecule has 0 bridgehead atoms. The fourth-order valence-corrected chi connectivity index (χ4v) is 3.55. The monoisotopic (exact) mass is 359 g/mol. The molecule has 0 atom stereocenters. The zero-order valence-electron chi connectivity index (χ0n) is 14.1. The Balaban J connectivity index is 1.91.